The van der Waals surface area contributed by atoms with Crippen molar-refractivity contribution in [2.45, 2.75) is 4.90 Å². The van der Waals surface area contributed by atoms with Gasteiger partial charge in [0.05, 0.1) is 5.69 Å². The van der Waals surface area contributed by atoms with Crippen molar-refractivity contribution < 1.29 is 0 Å². The van der Waals surface area contributed by atoms with Crippen LogP contribution in [0.1, 0.15) is 0 Å². The van der Waals surface area contributed by atoms with Gasteiger partial charge in [0.15, 0.2) is 0 Å². The number of nitrogens with zero attached hydrogens (tertiary/aromatic N) is 1. The van der Waals surface area contributed by atoms with Gasteiger partial charge < -0.3 is 0 Å². The van der Waals surface area contributed by atoms with E-state index in [0.29, 0.717) is 0 Å². The first-order chi connectivity index (χ1) is 6.90. The fourth-order valence-corrected chi connectivity index (χ4v) is 1.73. The highest BCUT2D eigenvalue weighted by atomic mass is 32.2. The van der Waals surface area contributed by atoms with Crippen molar-refractivity contribution in [3.8, 4) is 11.3 Å². The van der Waals surface area contributed by atoms with Crippen LogP contribution < -0.4 is 0 Å². The zero-order valence-electron chi connectivity index (χ0n) is 7.97. The van der Waals surface area contributed by atoms with E-state index in [4.69, 9.17) is 0 Å². The largest absolute Gasteiger partial charge is 0.256 e. The minimum atomic E-state index is 1.04. The van der Waals surface area contributed by atoms with Crippen LogP contribution in [-0.4, -0.2) is 11.2 Å². The van der Waals surface area contributed by atoms with Crippen molar-refractivity contribution in [2.75, 3.05) is 6.26 Å². The minimum Gasteiger partial charge on any atom is -0.256 e. The normalized spacial score (nSPS) is 10.1. The molecule has 0 bridgehead atoms. The smallest absolute Gasteiger partial charge is 0.0713 e. The Morgan fingerprint density at radius 3 is 2.57 bits per heavy atom. The van der Waals surface area contributed by atoms with Crippen LogP contribution in [0.5, 0.6) is 0 Å². The van der Waals surface area contributed by atoms with E-state index in [1.165, 1.54) is 10.5 Å². The van der Waals surface area contributed by atoms with Gasteiger partial charge in [-0.25, -0.2) is 0 Å². The van der Waals surface area contributed by atoms with E-state index < -0.39 is 0 Å². The quantitative estimate of drug-likeness (QED) is 0.690. The summed E-state index contributed by atoms with van der Waals surface area (Å²) >= 11 is 1.74. The van der Waals surface area contributed by atoms with Crippen molar-refractivity contribution in [1.82, 2.24) is 4.98 Å². The number of hydrogen-bond acceptors (Lipinski definition) is 2. The minimum absolute atomic E-state index is 1.04. The first kappa shape index (κ1) is 9.28. The summed E-state index contributed by atoms with van der Waals surface area (Å²) in [5, 5.41) is 0. The molecule has 0 saturated carbocycles. The predicted molar refractivity (Wildman–Crippen MR) is 61.5 cm³/mol. The molecule has 0 radical (unpaired) electrons. The predicted octanol–water partition coefficient (Wildman–Crippen LogP) is 3.47. The fourth-order valence-electron chi connectivity index (χ4n) is 1.30. The van der Waals surface area contributed by atoms with E-state index >= 15 is 0 Å². The molecule has 0 aliphatic carbocycles. The number of pyridine rings is 1. The zero-order chi connectivity index (χ0) is 9.80. The molecule has 0 aliphatic heterocycles. The molecule has 1 aromatic heterocycles. The number of benzene rings is 1. The number of rotatable bonds is 2. The Morgan fingerprint density at radius 2 is 1.86 bits per heavy atom. The molecule has 0 spiro atoms. The number of hydrogen-bond donors (Lipinski definition) is 0. The fraction of sp³-hybridized carbons (Fsp3) is 0.0833. The lowest BCUT2D eigenvalue weighted by molar-refractivity contribution is 1.27. The molecule has 0 unspecified atom stereocenters. The summed E-state index contributed by atoms with van der Waals surface area (Å²) < 4.78 is 0. The van der Waals surface area contributed by atoms with E-state index in [9.17, 15) is 0 Å². The Hall–Kier alpha value is -1.28. The van der Waals surface area contributed by atoms with Gasteiger partial charge in [0.1, 0.15) is 0 Å². The molecule has 0 N–H and O–H groups in total. The topological polar surface area (TPSA) is 12.9 Å². The first-order valence-electron chi connectivity index (χ1n) is 4.45. The molecule has 0 aliphatic rings. The highest BCUT2D eigenvalue weighted by Gasteiger charge is 1.98. The van der Waals surface area contributed by atoms with Gasteiger partial charge in [-0.15, -0.1) is 11.8 Å². The number of aromatic nitrogens is 1. The zero-order valence-corrected chi connectivity index (χ0v) is 8.79. The molecule has 1 heterocycles. The lowest BCUT2D eigenvalue weighted by Crippen LogP contribution is -1.82. The van der Waals surface area contributed by atoms with Crippen LogP contribution in [0, 0.1) is 0 Å². The van der Waals surface area contributed by atoms with Gasteiger partial charge in [-0.2, -0.15) is 0 Å². The lowest BCUT2D eigenvalue weighted by Gasteiger charge is -2.01. The Balaban J connectivity index is 2.42. The van der Waals surface area contributed by atoms with E-state index in [1.54, 1.807) is 11.8 Å². The van der Waals surface area contributed by atoms with E-state index in [0.717, 1.165) is 5.69 Å². The second-order valence-electron chi connectivity index (χ2n) is 2.95. The summed E-state index contributed by atoms with van der Waals surface area (Å²) in [5.41, 5.74) is 2.21. The SMILES string of the molecule is CSc1ccnc(-c2ccccc2)c1. The van der Waals surface area contributed by atoms with Crippen molar-refractivity contribution in [1.29, 1.82) is 0 Å². The molecule has 0 amide bonds. The van der Waals surface area contributed by atoms with Gasteiger partial charge in [-0.05, 0) is 18.4 Å². The van der Waals surface area contributed by atoms with Crippen LogP contribution >= 0.6 is 11.8 Å². The third-order valence-corrected chi connectivity index (χ3v) is 2.76. The molecule has 2 heteroatoms. The summed E-state index contributed by atoms with van der Waals surface area (Å²) in [6.07, 6.45) is 3.93. The maximum Gasteiger partial charge on any atom is 0.0713 e. The van der Waals surface area contributed by atoms with Gasteiger partial charge in [-0.3, -0.25) is 4.98 Å². The standard InChI is InChI=1S/C12H11NS/c1-14-11-7-8-13-12(9-11)10-5-3-2-4-6-10/h2-9H,1H3. The summed E-state index contributed by atoms with van der Waals surface area (Å²) in [6, 6.07) is 14.4. The third-order valence-electron chi connectivity index (χ3n) is 2.04. The van der Waals surface area contributed by atoms with Crippen molar-refractivity contribution in [3.05, 3.63) is 48.7 Å². The molecule has 2 aromatic rings. The van der Waals surface area contributed by atoms with Gasteiger partial charge in [0.25, 0.3) is 0 Å². The average Bonchev–Trinajstić information content (AvgIpc) is 2.30. The highest BCUT2D eigenvalue weighted by Crippen LogP contribution is 2.21. The molecule has 0 saturated heterocycles. The van der Waals surface area contributed by atoms with Crippen LogP contribution in [0.2, 0.25) is 0 Å². The summed E-state index contributed by atoms with van der Waals surface area (Å²) in [7, 11) is 0. The molecule has 1 nitrogen and oxygen atoms in total. The van der Waals surface area contributed by atoms with Gasteiger partial charge >= 0.3 is 0 Å². The van der Waals surface area contributed by atoms with Gasteiger partial charge in [0.2, 0.25) is 0 Å². The van der Waals surface area contributed by atoms with Gasteiger partial charge in [0, 0.05) is 16.7 Å². The van der Waals surface area contributed by atoms with Crippen LogP contribution in [0.4, 0.5) is 0 Å². The van der Waals surface area contributed by atoms with Crippen molar-refractivity contribution >= 4 is 11.8 Å². The van der Waals surface area contributed by atoms with Crippen molar-refractivity contribution in [3.63, 3.8) is 0 Å². The molecular weight excluding hydrogens is 190 g/mol. The maximum atomic E-state index is 4.34. The van der Waals surface area contributed by atoms with Crippen LogP contribution in [0.25, 0.3) is 11.3 Å². The Labute approximate surface area is 88.2 Å². The second kappa shape index (κ2) is 4.29. The Kier molecular flexibility index (Phi) is 2.84. The molecule has 2 rings (SSSR count). The van der Waals surface area contributed by atoms with E-state index in [2.05, 4.69) is 29.4 Å². The lowest BCUT2D eigenvalue weighted by atomic mass is 10.1. The Morgan fingerprint density at radius 1 is 1.07 bits per heavy atom. The number of thioether (sulfide) groups is 1. The summed E-state index contributed by atoms with van der Waals surface area (Å²) in [5.74, 6) is 0. The van der Waals surface area contributed by atoms with E-state index in [-0.39, 0.29) is 0 Å². The molecule has 0 atom stereocenters. The monoisotopic (exact) mass is 201 g/mol. The van der Waals surface area contributed by atoms with Crippen LogP contribution in [-0.2, 0) is 0 Å². The first-order valence-corrected chi connectivity index (χ1v) is 5.68. The molecule has 70 valence electrons. The van der Waals surface area contributed by atoms with Crippen LogP contribution in [0.15, 0.2) is 53.6 Å². The highest BCUT2D eigenvalue weighted by molar-refractivity contribution is 7.98. The molecule has 1 aromatic carbocycles. The maximum absolute atomic E-state index is 4.34. The van der Waals surface area contributed by atoms with Crippen LogP contribution in [0.3, 0.4) is 0 Å². The Bertz CT molecular complexity index is 412. The molecular formula is C12H11NS. The molecule has 0 fully saturated rings. The summed E-state index contributed by atoms with van der Waals surface area (Å²) in [6.45, 7) is 0. The van der Waals surface area contributed by atoms with E-state index in [1.807, 2.05) is 30.5 Å². The summed E-state index contributed by atoms with van der Waals surface area (Å²) in [4.78, 5) is 5.59. The second-order valence-corrected chi connectivity index (χ2v) is 3.83. The molecule has 14 heavy (non-hydrogen) atoms. The third kappa shape index (κ3) is 1.96. The average molecular weight is 201 g/mol. The van der Waals surface area contributed by atoms with Crippen molar-refractivity contribution in [2.24, 2.45) is 0 Å². The van der Waals surface area contributed by atoms with Gasteiger partial charge in [-0.1, -0.05) is 30.3 Å².